The summed E-state index contributed by atoms with van der Waals surface area (Å²) in [6, 6.07) is 5.65. The fraction of sp³-hybridized carbons (Fsp3) is 0.423. The molecule has 40 heavy (non-hydrogen) atoms. The van der Waals surface area contributed by atoms with Crippen LogP contribution in [-0.4, -0.2) is 75.6 Å². The van der Waals surface area contributed by atoms with Crippen molar-refractivity contribution in [3.63, 3.8) is 0 Å². The van der Waals surface area contributed by atoms with Gasteiger partial charge in [0.05, 0.1) is 23.9 Å². The number of benzene rings is 1. The molecule has 1 saturated heterocycles. The van der Waals surface area contributed by atoms with E-state index in [4.69, 9.17) is 14.9 Å². The van der Waals surface area contributed by atoms with Crippen LogP contribution >= 0.6 is 0 Å². The van der Waals surface area contributed by atoms with Crippen molar-refractivity contribution >= 4 is 23.5 Å². The third-order valence-electron chi connectivity index (χ3n) is 6.41. The van der Waals surface area contributed by atoms with E-state index in [1.807, 2.05) is 0 Å². The van der Waals surface area contributed by atoms with Crippen molar-refractivity contribution in [1.29, 1.82) is 0 Å². The van der Waals surface area contributed by atoms with Crippen LogP contribution in [0, 0.1) is 6.92 Å². The normalized spacial score (nSPS) is 16.0. The van der Waals surface area contributed by atoms with Crippen LogP contribution in [0.3, 0.4) is 0 Å². The molecule has 2 amide bonds. The third kappa shape index (κ3) is 6.23. The van der Waals surface area contributed by atoms with E-state index in [1.54, 1.807) is 13.0 Å². The fourth-order valence-electron chi connectivity index (χ4n) is 4.74. The zero-order valence-electron chi connectivity index (χ0n) is 22.0. The van der Waals surface area contributed by atoms with Crippen molar-refractivity contribution in [3.8, 4) is 17.3 Å². The molecule has 4 heterocycles. The zero-order chi connectivity index (χ0) is 28.9. The number of ether oxygens (including phenoxy) is 1. The predicted molar refractivity (Wildman–Crippen MR) is 141 cm³/mol. The van der Waals surface area contributed by atoms with Gasteiger partial charge in [-0.1, -0.05) is 12.1 Å². The molecule has 5 rings (SSSR count). The summed E-state index contributed by atoms with van der Waals surface area (Å²) < 4.78 is 45.5. The number of aliphatic hydroxyl groups is 2. The Kier molecular flexibility index (Phi) is 9.00. The average Bonchev–Trinajstić information content (AvgIpc) is 2.94. The number of alkyl halides is 3. The minimum atomic E-state index is -4.51. The lowest BCUT2D eigenvalue weighted by atomic mass is 9.99. The number of nitrogens with one attached hydrogen (secondary N) is 1. The summed E-state index contributed by atoms with van der Waals surface area (Å²) in [4.78, 5) is 34.7. The van der Waals surface area contributed by atoms with E-state index in [0.717, 1.165) is 38.6 Å². The number of aliphatic hydroxyl groups excluding tert-OH is 2. The predicted octanol–water partition coefficient (Wildman–Crippen LogP) is 3.65. The third-order valence-corrected chi connectivity index (χ3v) is 6.41. The minimum Gasteiger partial charge on any atom is -0.477 e. The van der Waals surface area contributed by atoms with Crippen molar-refractivity contribution in [3.05, 3.63) is 47.8 Å². The van der Waals surface area contributed by atoms with Gasteiger partial charge in [0.1, 0.15) is 5.69 Å². The van der Waals surface area contributed by atoms with Gasteiger partial charge >= 0.3 is 12.2 Å². The average molecular weight is 562 g/mol. The molecule has 0 aliphatic carbocycles. The van der Waals surface area contributed by atoms with E-state index < -0.39 is 17.8 Å². The number of nitrogens with zero attached hydrogens (tertiary/aromatic N) is 6. The van der Waals surface area contributed by atoms with Gasteiger partial charge < -0.3 is 19.8 Å². The molecule has 2 aliphatic rings. The van der Waals surface area contributed by atoms with Crippen LogP contribution in [0.1, 0.15) is 30.5 Å². The molecule has 1 fully saturated rings. The zero-order valence-corrected chi connectivity index (χ0v) is 22.0. The summed E-state index contributed by atoms with van der Waals surface area (Å²) >= 11 is 0. The molecule has 0 radical (unpaired) electrons. The number of carbonyl (C=O) groups excluding carboxylic acids is 1. The summed E-state index contributed by atoms with van der Waals surface area (Å²) in [6.45, 7) is 3.35. The number of aryl methyl sites for hydroxylation is 1. The minimum absolute atomic E-state index is 0.0226. The second-order valence-electron chi connectivity index (χ2n) is 9.07. The molecule has 3 aromatic rings. The number of piperidine rings is 1. The Morgan fingerprint density at radius 1 is 1.20 bits per heavy atom. The van der Waals surface area contributed by atoms with E-state index in [0.29, 0.717) is 30.2 Å². The number of hydrogen-bond acceptors (Lipinski definition) is 9. The van der Waals surface area contributed by atoms with Gasteiger partial charge in [0.2, 0.25) is 11.8 Å². The second kappa shape index (κ2) is 12.4. The number of aromatic nitrogens is 4. The number of halogens is 3. The number of rotatable bonds is 6. The summed E-state index contributed by atoms with van der Waals surface area (Å²) in [5, 5.41) is 18.6. The van der Waals surface area contributed by atoms with Gasteiger partial charge in [-0.25, -0.2) is 19.7 Å². The van der Waals surface area contributed by atoms with E-state index >= 15 is 0 Å². The van der Waals surface area contributed by atoms with Crippen LogP contribution in [-0.2, 0) is 6.18 Å². The van der Waals surface area contributed by atoms with Gasteiger partial charge in [0.15, 0.2) is 11.6 Å². The van der Waals surface area contributed by atoms with Gasteiger partial charge in [-0.15, -0.1) is 0 Å². The molecule has 2 bridgehead atoms. The van der Waals surface area contributed by atoms with E-state index in [2.05, 4.69) is 30.2 Å². The standard InChI is InChI=1S/C25H26F3N7O3.CH4O/c1-15-20-22(32-21(30-15)16-5-2-6-17(13-16)25(26,27)28)35(18-7-3-10-34(20)14-18)24(37)33-23-29-9-8-19(31-23)38-12-4-11-36;1-2/h2,5-6,8-9,13,18,36H,3-4,7,10-12,14H2,1H3,(H,29,31,33,37);2H,1H3. The first-order valence-electron chi connectivity index (χ1n) is 12.7. The van der Waals surface area contributed by atoms with Crippen LogP contribution in [0.25, 0.3) is 11.4 Å². The summed E-state index contributed by atoms with van der Waals surface area (Å²) in [5.41, 5.74) is 0.639. The Bertz CT molecular complexity index is 1340. The highest BCUT2D eigenvalue weighted by atomic mass is 19.4. The Morgan fingerprint density at radius 2 is 2.00 bits per heavy atom. The SMILES string of the molecule is CO.Cc1nc(-c2cccc(C(F)(F)F)c2)nc2c1N1CCCC(C1)N2C(=O)Nc1nccc(OCCCO)n1. The van der Waals surface area contributed by atoms with Crippen LogP contribution in [0.15, 0.2) is 36.5 Å². The number of anilines is 3. The topological polar surface area (TPSA) is 137 Å². The van der Waals surface area contributed by atoms with Crippen LogP contribution < -0.4 is 19.9 Å². The van der Waals surface area contributed by atoms with Gasteiger partial charge in [0.25, 0.3) is 0 Å². The van der Waals surface area contributed by atoms with E-state index in [1.165, 1.54) is 23.2 Å². The summed E-state index contributed by atoms with van der Waals surface area (Å²) in [7, 11) is 1.00. The molecule has 214 valence electrons. The lowest BCUT2D eigenvalue weighted by Crippen LogP contribution is -2.56. The number of carbonyl (C=O) groups is 1. The number of urea groups is 1. The van der Waals surface area contributed by atoms with Crippen molar-refractivity contribution < 1.29 is 32.9 Å². The molecule has 11 nitrogen and oxygen atoms in total. The molecule has 3 N–H and O–H groups in total. The van der Waals surface area contributed by atoms with Gasteiger partial charge in [-0.3, -0.25) is 10.2 Å². The van der Waals surface area contributed by atoms with Crippen molar-refractivity contribution in [1.82, 2.24) is 19.9 Å². The van der Waals surface area contributed by atoms with Crippen molar-refractivity contribution in [2.45, 2.75) is 38.4 Å². The van der Waals surface area contributed by atoms with Crippen LogP contribution in [0.2, 0.25) is 0 Å². The summed E-state index contributed by atoms with van der Waals surface area (Å²) in [5.74, 6) is 0.701. The molecule has 1 atom stereocenters. The lowest BCUT2D eigenvalue weighted by Gasteiger charge is -2.46. The van der Waals surface area contributed by atoms with Gasteiger partial charge in [0, 0.05) is 51.1 Å². The first kappa shape index (κ1) is 29.0. The van der Waals surface area contributed by atoms with Crippen molar-refractivity contribution in [2.75, 3.05) is 48.5 Å². The number of hydrogen-bond donors (Lipinski definition) is 3. The Hall–Kier alpha value is -4.04. The molecule has 2 aromatic heterocycles. The first-order chi connectivity index (χ1) is 19.2. The molecular formula is C26H30F3N7O4. The first-order valence-corrected chi connectivity index (χ1v) is 12.7. The maximum atomic E-state index is 13.6. The highest BCUT2D eigenvalue weighted by Gasteiger charge is 2.40. The molecule has 14 heteroatoms. The second-order valence-corrected chi connectivity index (χ2v) is 9.07. The van der Waals surface area contributed by atoms with Gasteiger partial charge in [-0.2, -0.15) is 18.2 Å². The largest absolute Gasteiger partial charge is 0.477 e. The maximum Gasteiger partial charge on any atom is 0.416 e. The molecule has 0 spiro atoms. The fourth-order valence-corrected chi connectivity index (χ4v) is 4.74. The van der Waals surface area contributed by atoms with Crippen LogP contribution in [0.4, 0.5) is 35.4 Å². The Labute approximate surface area is 228 Å². The molecule has 2 aliphatic heterocycles. The van der Waals surface area contributed by atoms with E-state index in [9.17, 15) is 18.0 Å². The number of amides is 2. The van der Waals surface area contributed by atoms with Crippen LogP contribution in [0.5, 0.6) is 5.88 Å². The Morgan fingerprint density at radius 3 is 2.75 bits per heavy atom. The molecular weight excluding hydrogens is 531 g/mol. The monoisotopic (exact) mass is 561 g/mol. The Balaban J connectivity index is 0.00000181. The molecule has 1 unspecified atom stereocenters. The summed E-state index contributed by atoms with van der Waals surface area (Å²) in [6.07, 6.45) is -1.04. The molecule has 0 saturated carbocycles. The maximum absolute atomic E-state index is 13.6. The van der Waals surface area contributed by atoms with E-state index in [-0.39, 0.29) is 42.5 Å². The quantitative estimate of drug-likeness (QED) is 0.385. The highest BCUT2D eigenvalue weighted by molar-refractivity contribution is 6.04. The van der Waals surface area contributed by atoms with Gasteiger partial charge in [-0.05, 0) is 31.9 Å². The number of fused-ring (bicyclic) bond motifs is 4. The van der Waals surface area contributed by atoms with Crippen molar-refractivity contribution in [2.24, 2.45) is 0 Å². The smallest absolute Gasteiger partial charge is 0.416 e. The lowest BCUT2D eigenvalue weighted by molar-refractivity contribution is -0.137. The highest BCUT2D eigenvalue weighted by Crippen LogP contribution is 2.41. The molecule has 1 aromatic carbocycles.